The van der Waals surface area contributed by atoms with E-state index in [4.69, 9.17) is 16.7 Å². The normalized spacial score (nSPS) is 12.1. The molecule has 0 aliphatic heterocycles. The van der Waals surface area contributed by atoms with Crippen LogP contribution in [0.5, 0.6) is 0 Å². The van der Waals surface area contributed by atoms with Crippen molar-refractivity contribution in [2.45, 2.75) is 13.3 Å². The van der Waals surface area contributed by atoms with Gasteiger partial charge in [-0.3, -0.25) is 9.59 Å². The van der Waals surface area contributed by atoms with E-state index in [0.29, 0.717) is 27.9 Å². The van der Waals surface area contributed by atoms with E-state index in [-0.39, 0.29) is 12.5 Å². The lowest BCUT2D eigenvalue weighted by molar-refractivity contribution is -0.141. The van der Waals surface area contributed by atoms with Gasteiger partial charge in [0, 0.05) is 18.1 Å². The average molecular weight is 307 g/mol. The van der Waals surface area contributed by atoms with Crippen LogP contribution in [-0.4, -0.2) is 28.5 Å². The number of aliphatic carboxylic acids is 1. The van der Waals surface area contributed by atoms with Gasteiger partial charge in [0.25, 0.3) is 5.91 Å². The number of nitrogens with one attached hydrogen (secondary N) is 1. The SMILES string of the molecule is CCC(CNC(=O)c1cnc(Cl)c2ccccc12)C(=O)O. The minimum Gasteiger partial charge on any atom is -0.481 e. The van der Waals surface area contributed by atoms with Gasteiger partial charge in [-0.2, -0.15) is 0 Å². The lowest BCUT2D eigenvalue weighted by Crippen LogP contribution is -2.32. The van der Waals surface area contributed by atoms with Crippen molar-refractivity contribution >= 4 is 34.2 Å². The molecule has 1 aromatic carbocycles. The molecule has 0 fully saturated rings. The molecule has 0 radical (unpaired) electrons. The Labute approximate surface area is 126 Å². The zero-order chi connectivity index (χ0) is 15.4. The number of hydrogen-bond acceptors (Lipinski definition) is 3. The number of carbonyl (C=O) groups excluding carboxylic acids is 1. The second-order valence-corrected chi connectivity index (χ2v) is 5.02. The summed E-state index contributed by atoms with van der Waals surface area (Å²) in [6, 6.07) is 7.19. The molecule has 2 N–H and O–H groups in total. The van der Waals surface area contributed by atoms with E-state index in [9.17, 15) is 9.59 Å². The highest BCUT2D eigenvalue weighted by molar-refractivity contribution is 6.34. The molecule has 1 atom stereocenters. The number of carboxylic acid groups (broad SMARTS) is 1. The first-order valence-electron chi connectivity index (χ1n) is 6.58. The van der Waals surface area contributed by atoms with E-state index in [0.717, 1.165) is 0 Å². The lowest BCUT2D eigenvalue weighted by atomic mass is 10.1. The number of pyridine rings is 1. The van der Waals surface area contributed by atoms with E-state index < -0.39 is 11.9 Å². The maximum absolute atomic E-state index is 12.2. The maximum atomic E-state index is 12.2. The van der Waals surface area contributed by atoms with Gasteiger partial charge in [0.05, 0.1) is 11.5 Å². The summed E-state index contributed by atoms with van der Waals surface area (Å²) >= 11 is 6.00. The summed E-state index contributed by atoms with van der Waals surface area (Å²) in [5, 5.41) is 13.3. The number of carbonyl (C=O) groups is 2. The minimum atomic E-state index is -0.920. The van der Waals surface area contributed by atoms with Gasteiger partial charge in [0.15, 0.2) is 0 Å². The molecule has 110 valence electrons. The monoisotopic (exact) mass is 306 g/mol. The Balaban J connectivity index is 2.24. The van der Waals surface area contributed by atoms with Crippen molar-refractivity contribution in [3.05, 3.63) is 41.2 Å². The molecule has 0 saturated heterocycles. The maximum Gasteiger partial charge on any atom is 0.308 e. The van der Waals surface area contributed by atoms with E-state index in [1.54, 1.807) is 19.1 Å². The summed E-state index contributed by atoms with van der Waals surface area (Å²) in [5.74, 6) is -1.87. The molecular formula is C15H15ClN2O3. The summed E-state index contributed by atoms with van der Waals surface area (Å²) in [7, 11) is 0. The number of aromatic nitrogens is 1. The highest BCUT2D eigenvalue weighted by atomic mass is 35.5. The number of fused-ring (bicyclic) bond motifs is 1. The first kappa shape index (κ1) is 15.3. The zero-order valence-corrected chi connectivity index (χ0v) is 12.2. The molecule has 0 saturated carbocycles. The number of hydrogen-bond donors (Lipinski definition) is 2. The van der Waals surface area contributed by atoms with E-state index >= 15 is 0 Å². The Hall–Kier alpha value is -2.14. The van der Waals surface area contributed by atoms with Crippen molar-refractivity contribution < 1.29 is 14.7 Å². The molecule has 0 aliphatic rings. The number of halogens is 1. The fourth-order valence-corrected chi connectivity index (χ4v) is 2.27. The predicted octanol–water partition coefficient (Wildman–Crippen LogP) is 2.73. The summed E-state index contributed by atoms with van der Waals surface area (Å²) in [4.78, 5) is 27.2. The molecule has 2 rings (SSSR count). The molecule has 0 aliphatic carbocycles. The topological polar surface area (TPSA) is 79.3 Å². The fraction of sp³-hybridized carbons (Fsp3) is 0.267. The van der Waals surface area contributed by atoms with Crippen LogP contribution in [0.1, 0.15) is 23.7 Å². The Kier molecular flexibility index (Phi) is 4.75. The number of benzene rings is 1. The van der Waals surface area contributed by atoms with Crippen LogP contribution in [0.15, 0.2) is 30.5 Å². The fourth-order valence-electron chi connectivity index (χ4n) is 2.06. The highest BCUT2D eigenvalue weighted by Crippen LogP contribution is 2.24. The van der Waals surface area contributed by atoms with Gasteiger partial charge in [-0.25, -0.2) is 4.98 Å². The van der Waals surface area contributed by atoms with Gasteiger partial charge in [-0.15, -0.1) is 0 Å². The van der Waals surface area contributed by atoms with Gasteiger partial charge in [-0.1, -0.05) is 42.8 Å². The highest BCUT2D eigenvalue weighted by Gasteiger charge is 2.18. The number of nitrogens with zero attached hydrogens (tertiary/aromatic N) is 1. The lowest BCUT2D eigenvalue weighted by Gasteiger charge is -2.12. The van der Waals surface area contributed by atoms with Gasteiger partial charge in [-0.05, 0) is 11.8 Å². The van der Waals surface area contributed by atoms with Crippen molar-refractivity contribution in [1.82, 2.24) is 10.3 Å². The van der Waals surface area contributed by atoms with Crippen molar-refractivity contribution in [2.24, 2.45) is 5.92 Å². The molecule has 5 nitrogen and oxygen atoms in total. The Morgan fingerprint density at radius 3 is 2.62 bits per heavy atom. The van der Waals surface area contributed by atoms with E-state index in [1.807, 2.05) is 12.1 Å². The largest absolute Gasteiger partial charge is 0.481 e. The van der Waals surface area contributed by atoms with Crippen molar-refractivity contribution in [3.8, 4) is 0 Å². The van der Waals surface area contributed by atoms with Crippen LogP contribution in [0.25, 0.3) is 10.8 Å². The smallest absolute Gasteiger partial charge is 0.308 e. The van der Waals surface area contributed by atoms with Crippen molar-refractivity contribution in [1.29, 1.82) is 0 Å². The van der Waals surface area contributed by atoms with Gasteiger partial charge < -0.3 is 10.4 Å². The second kappa shape index (κ2) is 6.54. The first-order chi connectivity index (χ1) is 10.0. The number of rotatable bonds is 5. The van der Waals surface area contributed by atoms with Crippen molar-refractivity contribution in [2.75, 3.05) is 6.54 Å². The first-order valence-corrected chi connectivity index (χ1v) is 6.96. The number of carboxylic acids is 1. The van der Waals surface area contributed by atoms with Crippen LogP contribution in [0, 0.1) is 5.92 Å². The van der Waals surface area contributed by atoms with Gasteiger partial charge in [0.2, 0.25) is 0 Å². The molecule has 21 heavy (non-hydrogen) atoms. The van der Waals surface area contributed by atoms with Crippen LogP contribution < -0.4 is 5.32 Å². The Morgan fingerprint density at radius 2 is 2.00 bits per heavy atom. The summed E-state index contributed by atoms with van der Waals surface area (Å²) in [6.07, 6.45) is 1.86. The van der Waals surface area contributed by atoms with Gasteiger partial charge >= 0.3 is 5.97 Å². The summed E-state index contributed by atoms with van der Waals surface area (Å²) in [6.45, 7) is 1.85. The molecule has 1 aromatic heterocycles. The van der Waals surface area contributed by atoms with Crippen LogP contribution >= 0.6 is 11.6 Å². The molecule has 2 aromatic rings. The Morgan fingerprint density at radius 1 is 1.33 bits per heavy atom. The van der Waals surface area contributed by atoms with E-state index in [2.05, 4.69) is 10.3 Å². The molecular weight excluding hydrogens is 292 g/mol. The van der Waals surface area contributed by atoms with Crippen molar-refractivity contribution in [3.63, 3.8) is 0 Å². The average Bonchev–Trinajstić information content (AvgIpc) is 2.48. The third-order valence-electron chi connectivity index (χ3n) is 3.34. The minimum absolute atomic E-state index is 0.0849. The summed E-state index contributed by atoms with van der Waals surface area (Å²) < 4.78 is 0. The molecule has 1 heterocycles. The third-order valence-corrected chi connectivity index (χ3v) is 3.64. The molecule has 1 unspecified atom stereocenters. The molecule has 0 bridgehead atoms. The van der Waals surface area contributed by atoms with Crippen LogP contribution in [0.2, 0.25) is 5.15 Å². The standard InChI is InChI=1S/C15H15ClN2O3/c1-2-9(15(20)21)7-18-14(19)12-8-17-13(16)11-6-4-3-5-10(11)12/h3-6,8-9H,2,7H2,1H3,(H,18,19)(H,20,21). The van der Waals surface area contributed by atoms with Crippen LogP contribution in [0.3, 0.4) is 0 Å². The zero-order valence-electron chi connectivity index (χ0n) is 11.5. The quantitative estimate of drug-likeness (QED) is 0.832. The predicted molar refractivity (Wildman–Crippen MR) is 80.5 cm³/mol. The van der Waals surface area contributed by atoms with Crippen LogP contribution in [-0.2, 0) is 4.79 Å². The van der Waals surface area contributed by atoms with Crippen LogP contribution in [0.4, 0.5) is 0 Å². The van der Waals surface area contributed by atoms with E-state index in [1.165, 1.54) is 6.20 Å². The molecule has 6 heteroatoms. The Bertz CT molecular complexity index is 688. The third kappa shape index (κ3) is 3.31. The molecule has 1 amide bonds. The molecule has 0 spiro atoms. The number of amides is 1. The summed E-state index contributed by atoms with van der Waals surface area (Å²) in [5.41, 5.74) is 0.384. The van der Waals surface area contributed by atoms with Gasteiger partial charge in [0.1, 0.15) is 5.15 Å². The second-order valence-electron chi connectivity index (χ2n) is 4.66.